The molecule has 0 atom stereocenters. The summed E-state index contributed by atoms with van der Waals surface area (Å²) < 4.78 is 38.3. The number of alkyl halides is 3. The van der Waals surface area contributed by atoms with E-state index >= 15 is 0 Å². The molecule has 0 aliphatic heterocycles. The predicted octanol–water partition coefficient (Wildman–Crippen LogP) is 5.12. The standard InChI is InChI=1S/C23H21F3N4O/c1-15-3-8-20(13-16(15)2)29-22(28-14-17-9-11-27-12-10-17)30-21(31)18-4-6-19(7-5-18)23(24,25)26/h3-13H,14H2,1-2H3,(H2,28,29,30,31). The van der Waals surface area contributed by atoms with Gasteiger partial charge in [0.25, 0.3) is 5.91 Å². The van der Waals surface area contributed by atoms with Crippen molar-refractivity contribution < 1.29 is 18.0 Å². The van der Waals surface area contributed by atoms with Crippen molar-refractivity contribution in [3.05, 3.63) is 94.8 Å². The number of nitrogens with one attached hydrogen (secondary N) is 2. The molecule has 2 N–H and O–H groups in total. The van der Waals surface area contributed by atoms with Gasteiger partial charge in [0.05, 0.1) is 12.1 Å². The molecule has 0 saturated carbocycles. The van der Waals surface area contributed by atoms with E-state index in [-0.39, 0.29) is 18.1 Å². The Morgan fingerprint density at radius 2 is 1.65 bits per heavy atom. The number of amides is 1. The van der Waals surface area contributed by atoms with Gasteiger partial charge in [0.1, 0.15) is 0 Å². The molecule has 1 amide bonds. The van der Waals surface area contributed by atoms with Crippen LogP contribution >= 0.6 is 0 Å². The van der Waals surface area contributed by atoms with Crippen molar-refractivity contribution in [2.45, 2.75) is 26.6 Å². The first kappa shape index (κ1) is 22.0. The van der Waals surface area contributed by atoms with Gasteiger partial charge in [-0.15, -0.1) is 0 Å². The Bertz CT molecular complexity index is 1080. The number of carbonyl (C=O) groups is 1. The zero-order valence-corrected chi connectivity index (χ0v) is 17.0. The highest BCUT2D eigenvalue weighted by Crippen LogP contribution is 2.29. The maximum absolute atomic E-state index is 12.8. The third kappa shape index (κ3) is 6.15. The third-order valence-corrected chi connectivity index (χ3v) is 4.65. The van der Waals surface area contributed by atoms with E-state index in [4.69, 9.17) is 0 Å². The molecule has 0 aliphatic carbocycles. The molecule has 1 heterocycles. The first-order chi connectivity index (χ1) is 14.7. The molecule has 5 nitrogen and oxygen atoms in total. The van der Waals surface area contributed by atoms with E-state index in [9.17, 15) is 18.0 Å². The quantitative estimate of drug-likeness (QED) is 0.450. The maximum Gasteiger partial charge on any atom is 0.416 e. The van der Waals surface area contributed by atoms with Gasteiger partial charge in [-0.1, -0.05) is 6.07 Å². The van der Waals surface area contributed by atoms with Crippen LogP contribution in [0.5, 0.6) is 0 Å². The lowest BCUT2D eigenvalue weighted by Gasteiger charge is -2.13. The summed E-state index contributed by atoms with van der Waals surface area (Å²) in [6.07, 6.45) is -1.18. The Morgan fingerprint density at radius 3 is 2.26 bits per heavy atom. The van der Waals surface area contributed by atoms with Gasteiger partial charge in [-0.25, -0.2) is 4.99 Å². The molecule has 3 aromatic rings. The molecule has 3 rings (SSSR count). The molecule has 0 saturated heterocycles. The Morgan fingerprint density at radius 1 is 0.968 bits per heavy atom. The van der Waals surface area contributed by atoms with E-state index in [1.54, 1.807) is 24.5 Å². The summed E-state index contributed by atoms with van der Waals surface area (Å²) in [6.45, 7) is 4.24. The van der Waals surface area contributed by atoms with Crippen LogP contribution in [0, 0.1) is 13.8 Å². The minimum atomic E-state index is -4.46. The number of rotatable bonds is 4. The largest absolute Gasteiger partial charge is 0.416 e. The van der Waals surface area contributed by atoms with Gasteiger partial charge in [-0.2, -0.15) is 13.2 Å². The lowest BCUT2D eigenvalue weighted by atomic mass is 10.1. The van der Waals surface area contributed by atoms with Crippen molar-refractivity contribution >= 4 is 17.6 Å². The van der Waals surface area contributed by atoms with Crippen LogP contribution in [0.3, 0.4) is 0 Å². The fraction of sp³-hybridized carbons (Fsp3) is 0.174. The molecule has 31 heavy (non-hydrogen) atoms. The highest BCUT2D eigenvalue weighted by molar-refractivity contribution is 6.10. The average Bonchev–Trinajstić information content (AvgIpc) is 2.75. The van der Waals surface area contributed by atoms with Crippen LogP contribution < -0.4 is 10.6 Å². The maximum atomic E-state index is 12.8. The SMILES string of the molecule is Cc1ccc(NC(=NCc2ccncc2)NC(=O)c2ccc(C(F)(F)F)cc2)cc1C. The number of aliphatic imine (C=N–C) groups is 1. The zero-order valence-electron chi connectivity index (χ0n) is 17.0. The van der Waals surface area contributed by atoms with Gasteiger partial charge in [-0.3, -0.25) is 15.1 Å². The lowest BCUT2D eigenvalue weighted by Crippen LogP contribution is -2.36. The van der Waals surface area contributed by atoms with Crippen LogP contribution in [0.2, 0.25) is 0 Å². The van der Waals surface area contributed by atoms with E-state index in [1.807, 2.05) is 32.0 Å². The third-order valence-electron chi connectivity index (χ3n) is 4.65. The van der Waals surface area contributed by atoms with E-state index in [0.717, 1.165) is 46.6 Å². The van der Waals surface area contributed by atoms with Gasteiger partial charge < -0.3 is 5.32 Å². The fourth-order valence-electron chi connectivity index (χ4n) is 2.72. The van der Waals surface area contributed by atoms with Crippen LogP contribution in [0.1, 0.15) is 32.6 Å². The van der Waals surface area contributed by atoms with Gasteiger partial charge in [-0.05, 0) is 79.1 Å². The topological polar surface area (TPSA) is 66.4 Å². The molecule has 2 aromatic carbocycles. The number of hydrogen-bond acceptors (Lipinski definition) is 3. The molecule has 0 aliphatic rings. The molecular weight excluding hydrogens is 405 g/mol. The van der Waals surface area contributed by atoms with Crippen molar-refractivity contribution in [1.29, 1.82) is 0 Å². The monoisotopic (exact) mass is 426 g/mol. The number of aryl methyl sites for hydroxylation is 2. The van der Waals surface area contributed by atoms with Crippen molar-refractivity contribution in [3.63, 3.8) is 0 Å². The normalized spacial score (nSPS) is 11.8. The number of benzene rings is 2. The molecule has 8 heteroatoms. The Labute approximate surface area is 178 Å². The minimum Gasteiger partial charge on any atom is -0.326 e. The fourth-order valence-corrected chi connectivity index (χ4v) is 2.72. The minimum absolute atomic E-state index is 0.0893. The highest BCUT2D eigenvalue weighted by Gasteiger charge is 2.30. The number of anilines is 1. The number of guanidine groups is 1. The van der Waals surface area contributed by atoms with Crippen molar-refractivity contribution in [3.8, 4) is 0 Å². The van der Waals surface area contributed by atoms with Gasteiger partial charge in [0.2, 0.25) is 5.96 Å². The second-order valence-corrected chi connectivity index (χ2v) is 6.97. The molecule has 0 fully saturated rings. The van der Waals surface area contributed by atoms with Crippen LogP contribution in [0.25, 0.3) is 0 Å². The second-order valence-electron chi connectivity index (χ2n) is 6.97. The number of carbonyl (C=O) groups excluding carboxylic acids is 1. The molecule has 0 spiro atoms. The van der Waals surface area contributed by atoms with E-state index in [0.29, 0.717) is 0 Å². The predicted molar refractivity (Wildman–Crippen MR) is 114 cm³/mol. The molecular formula is C23H21F3N4O. The van der Waals surface area contributed by atoms with Crippen molar-refractivity contribution in [2.24, 2.45) is 4.99 Å². The summed E-state index contributed by atoms with van der Waals surface area (Å²) in [5, 5.41) is 5.72. The Balaban J connectivity index is 1.81. The van der Waals surface area contributed by atoms with E-state index < -0.39 is 17.6 Å². The Hall–Kier alpha value is -3.68. The van der Waals surface area contributed by atoms with Gasteiger partial charge in [0.15, 0.2) is 0 Å². The first-order valence-electron chi connectivity index (χ1n) is 9.48. The molecule has 1 aromatic heterocycles. The number of pyridine rings is 1. The molecule has 0 unspecified atom stereocenters. The molecule has 0 bridgehead atoms. The van der Waals surface area contributed by atoms with Crippen LogP contribution in [-0.4, -0.2) is 16.9 Å². The van der Waals surface area contributed by atoms with Gasteiger partial charge in [0, 0.05) is 23.6 Å². The van der Waals surface area contributed by atoms with Crippen LogP contribution in [0.15, 0.2) is 72.0 Å². The van der Waals surface area contributed by atoms with Crippen LogP contribution in [-0.2, 0) is 12.7 Å². The summed E-state index contributed by atoms with van der Waals surface area (Å²) in [6, 6.07) is 13.3. The summed E-state index contributed by atoms with van der Waals surface area (Å²) in [5.41, 5.74) is 3.07. The summed E-state index contributed by atoms with van der Waals surface area (Å²) in [4.78, 5) is 21.0. The number of aromatic nitrogens is 1. The number of halogens is 3. The lowest BCUT2D eigenvalue weighted by molar-refractivity contribution is -0.137. The van der Waals surface area contributed by atoms with Crippen LogP contribution in [0.4, 0.5) is 18.9 Å². The van der Waals surface area contributed by atoms with E-state index in [2.05, 4.69) is 20.6 Å². The zero-order chi connectivity index (χ0) is 22.4. The first-order valence-corrected chi connectivity index (χ1v) is 9.48. The smallest absolute Gasteiger partial charge is 0.326 e. The summed E-state index contributed by atoms with van der Waals surface area (Å²) in [5.74, 6) is -0.386. The van der Waals surface area contributed by atoms with E-state index in [1.165, 1.54) is 0 Å². The van der Waals surface area contributed by atoms with Crippen molar-refractivity contribution in [1.82, 2.24) is 10.3 Å². The second kappa shape index (κ2) is 9.42. The average molecular weight is 426 g/mol. The summed E-state index contributed by atoms with van der Waals surface area (Å²) >= 11 is 0. The highest BCUT2D eigenvalue weighted by atomic mass is 19.4. The molecule has 160 valence electrons. The molecule has 0 radical (unpaired) electrons. The van der Waals surface area contributed by atoms with Gasteiger partial charge >= 0.3 is 6.18 Å². The number of nitrogens with zero attached hydrogens (tertiary/aromatic N) is 2. The number of hydrogen-bond donors (Lipinski definition) is 2. The van der Waals surface area contributed by atoms with Crippen molar-refractivity contribution in [2.75, 3.05) is 5.32 Å². The summed E-state index contributed by atoms with van der Waals surface area (Å²) in [7, 11) is 0. The Kier molecular flexibility index (Phi) is 6.69.